The number of aryl methyl sites for hydroxylation is 1. The SMILES string of the molecule is CNC(=O)c1cccc(CNC(=O)CCc2nc(-c3ccc(Cl)cc3)no2)c1. The summed E-state index contributed by atoms with van der Waals surface area (Å²) >= 11 is 5.87. The molecular formula is C20H19ClN4O3. The van der Waals surface area contributed by atoms with Crippen LogP contribution in [0.2, 0.25) is 5.02 Å². The molecule has 0 spiro atoms. The lowest BCUT2D eigenvalue weighted by Crippen LogP contribution is -2.23. The molecule has 3 aromatic rings. The average molecular weight is 399 g/mol. The Morgan fingerprint density at radius 1 is 1.14 bits per heavy atom. The van der Waals surface area contributed by atoms with Gasteiger partial charge in [0.05, 0.1) is 0 Å². The fourth-order valence-electron chi connectivity index (χ4n) is 2.55. The van der Waals surface area contributed by atoms with Crippen LogP contribution < -0.4 is 10.6 Å². The molecule has 0 bridgehead atoms. The van der Waals surface area contributed by atoms with Gasteiger partial charge in [0.2, 0.25) is 17.6 Å². The molecule has 0 atom stereocenters. The van der Waals surface area contributed by atoms with Crippen molar-refractivity contribution in [1.29, 1.82) is 0 Å². The molecule has 0 radical (unpaired) electrons. The molecule has 1 heterocycles. The Hall–Kier alpha value is -3.19. The second kappa shape index (κ2) is 9.14. The van der Waals surface area contributed by atoms with Crippen LogP contribution in [0.4, 0.5) is 0 Å². The standard InChI is InChI=1S/C20H19ClN4O3/c1-22-20(27)15-4-2-3-13(11-15)12-23-17(26)9-10-18-24-19(25-28-18)14-5-7-16(21)8-6-14/h2-8,11H,9-10,12H2,1H3,(H,22,27)(H,23,26). The molecule has 8 heteroatoms. The van der Waals surface area contributed by atoms with Gasteiger partial charge in [-0.15, -0.1) is 0 Å². The van der Waals surface area contributed by atoms with Crippen molar-refractivity contribution in [3.8, 4) is 11.4 Å². The summed E-state index contributed by atoms with van der Waals surface area (Å²) in [6.45, 7) is 0.337. The van der Waals surface area contributed by atoms with E-state index in [-0.39, 0.29) is 18.2 Å². The van der Waals surface area contributed by atoms with E-state index in [1.54, 1.807) is 49.5 Å². The minimum atomic E-state index is -0.166. The Bertz CT molecular complexity index is 970. The van der Waals surface area contributed by atoms with E-state index in [1.807, 2.05) is 6.07 Å². The third-order valence-corrected chi connectivity index (χ3v) is 4.29. The first-order valence-corrected chi connectivity index (χ1v) is 9.09. The smallest absolute Gasteiger partial charge is 0.251 e. The van der Waals surface area contributed by atoms with Gasteiger partial charge in [0, 0.05) is 42.6 Å². The Balaban J connectivity index is 1.50. The van der Waals surface area contributed by atoms with Crippen molar-refractivity contribution in [2.45, 2.75) is 19.4 Å². The maximum Gasteiger partial charge on any atom is 0.251 e. The van der Waals surface area contributed by atoms with Crippen molar-refractivity contribution in [3.63, 3.8) is 0 Å². The zero-order valence-corrected chi connectivity index (χ0v) is 16.0. The van der Waals surface area contributed by atoms with Crippen LogP contribution in [-0.2, 0) is 17.8 Å². The van der Waals surface area contributed by atoms with E-state index in [1.165, 1.54) is 0 Å². The van der Waals surface area contributed by atoms with Crippen LogP contribution in [0.25, 0.3) is 11.4 Å². The van der Waals surface area contributed by atoms with Crippen LogP contribution in [0, 0.1) is 0 Å². The first kappa shape index (κ1) is 19.6. The summed E-state index contributed by atoms with van der Waals surface area (Å²) < 4.78 is 5.20. The van der Waals surface area contributed by atoms with E-state index in [9.17, 15) is 9.59 Å². The number of aromatic nitrogens is 2. The van der Waals surface area contributed by atoms with Crippen LogP contribution in [0.15, 0.2) is 53.1 Å². The van der Waals surface area contributed by atoms with Crippen LogP contribution >= 0.6 is 11.6 Å². The van der Waals surface area contributed by atoms with Crippen molar-refractivity contribution >= 4 is 23.4 Å². The molecule has 2 amide bonds. The highest BCUT2D eigenvalue weighted by molar-refractivity contribution is 6.30. The first-order valence-electron chi connectivity index (χ1n) is 8.71. The number of amides is 2. The number of carbonyl (C=O) groups excluding carboxylic acids is 2. The monoisotopic (exact) mass is 398 g/mol. The molecule has 0 unspecified atom stereocenters. The molecule has 0 aliphatic rings. The van der Waals surface area contributed by atoms with Gasteiger partial charge in [-0.1, -0.05) is 28.9 Å². The molecule has 28 heavy (non-hydrogen) atoms. The van der Waals surface area contributed by atoms with Gasteiger partial charge in [0.15, 0.2) is 0 Å². The number of carbonyl (C=O) groups is 2. The average Bonchev–Trinajstić information content (AvgIpc) is 3.20. The van der Waals surface area contributed by atoms with E-state index < -0.39 is 0 Å². The molecular weight excluding hydrogens is 380 g/mol. The number of hydrogen-bond acceptors (Lipinski definition) is 5. The summed E-state index contributed by atoms with van der Waals surface area (Å²) in [7, 11) is 1.58. The molecule has 0 aliphatic carbocycles. The van der Waals surface area contributed by atoms with Crippen molar-refractivity contribution in [3.05, 3.63) is 70.6 Å². The van der Waals surface area contributed by atoms with E-state index in [0.717, 1.165) is 11.1 Å². The molecule has 2 aromatic carbocycles. The van der Waals surface area contributed by atoms with E-state index in [0.29, 0.717) is 35.3 Å². The van der Waals surface area contributed by atoms with Crippen LogP contribution in [0.1, 0.15) is 28.2 Å². The van der Waals surface area contributed by atoms with Gasteiger partial charge in [0.1, 0.15) is 0 Å². The number of halogens is 1. The van der Waals surface area contributed by atoms with E-state index in [2.05, 4.69) is 20.8 Å². The summed E-state index contributed by atoms with van der Waals surface area (Å²) in [5.74, 6) is 0.539. The normalized spacial score (nSPS) is 10.5. The minimum absolute atomic E-state index is 0.142. The highest BCUT2D eigenvalue weighted by Crippen LogP contribution is 2.19. The molecule has 0 saturated heterocycles. The lowest BCUT2D eigenvalue weighted by atomic mass is 10.1. The third-order valence-electron chi connectivity index (χ3n) is 4.04. The quantitative estimate of drug-likeness (QED) is 0.637. The highest BCUT2D eigenvalue weighted by Gasteiger charge is 2.11. The highest BCUT2D eigenvalue weighted by atomic mass is 35.5. The van der Waals surface area contributed by atoms with Gasteiger partial charge in [-0.25, -0.2) is 0 Å². The van der Waals surface area contributed by atoms with Crippen LogP contribution in [-0.4, -0.2) is 29.0 Å². The molecule has 3 rings (SSSR count). The molecule has 0 fully saturated rings. The van der Waals surface area contributed by atoms with Gasteiger partial charge in [0.25, 0.3) is 5.91 Å². The molecule has 144 valence electrons. The predicted molar refractivity (Wildman–Crippen MR) is 105 cm³/mol. The Morgan fingerprint density at radius 2 is 1.93 bits per heavy atom. The lowest BCUT2D eigenvalue weighted by Gasteiger charge is -2.06. The molecule has 1 aromatic heterocycles. The summed E-state index contributed by atoms with van der Waals surface area (Å²) in [5.41, 5.74) is 2.19. The second-order valence-corrected chi connectivity index (χ2v) is 6.51. The van der Waals surface area contributed by atoms with Crippen molar-refractivity contribution in [2.75, 3.05) is 7.05 Å². The topological polar surface area (TPSA) is 97.1 Å². The Kier molecular flexibility index (Phi) is 6.39. The Labute approximate surface area is 167 Å². The maximum atomic E-state index is 12.1. The molecule has 7 nitrogen and oxygen atoms in total. The Morgan fingerprint density at radius 3 is 2.68 bits per heavy atom. The largest absolute Gasteiger partial charge is 0.355 e. The molecule has 2 N–H and O–H groups in total. The van der Waals surface area contributed by atoms with Crippen molar-refractivity contribution in [2.24, 2.45) is 0 Å². The molecule has 0 saturated carbocycles. The summed E-state index contributed by atoms with van der Waals surface area (Å²) in [6.07, 6.45) is 0.558. The first-order chi connectivity index (χ1) is 13.5. The zero-order chi connectivity index (χ0) is 19.9. The van der Waals surface area contributed by atoms with Gasteiger partial charge in [-0.2, -0.15) is 4.98 Å². The van der Waals surface area contributed by atoms with Gasteiger partial charge in [-0.3, -0.25) is 9.59 Å². The van der Waals surface area contributed by atoms with Crippen LogP contribution in [0.3, 0.4) is 0 Å². The summed E-state index contributed by atoms with van der Waals surface area (Å²) in [5, 5.41) is 9.95. The third kappa shape index (κ3) is 5.17. The van der Waals surface area contributed by atoms with E-state index in [4.69, 9.17) is 16.1 Å². The van der Waals surface area contributed by atoms with Crippen molar-refractivity contribution in [1.82, 2.24) is 20.8 Å². The number of nitrogens with zero attached hydrogens (tertiary/aromatic N) is 2. The zero-order valence-electron chi connectivity index (χ0n) is 15.2. The van der Waals surface area contributed by atoms with Crippen LogP contribution in [0.5, 0.6) is 0 Å². The number of hydrogen-bond donors (Lipinski definition) is 2. The predicted octanol–water partition coefficient (Wildman–Crippen LogP) is 3.00. The summed E-state index contributed by atoms with van der Waals surface area (Å²) in [6, 6.07) is 14.2. The number of nitrogens with one attached hydrogen (secondary N) is 2. The van der Waals surface area contributed by atoms with E-state index >= 15 is 0 Å². The minimum Gasteiger partial charge on any atom is -0.355 e. The molecule has 0 aliphatic heterocycles. The number of benzene rings is 2. The fraction of sp³-hybridized carbons (Fsp3) is 0.200. The second-order valence-electron chi connectivity index (χ2n) is 6.07. The fourth-order valence-corrected chi connectivity index (χ4v) is 2.67. The lowest BCUT2D eigenvalue weighted by molar-refractivity contribution is -0.121. The van der Waals surface area contributed by atoms with Gasteiger partial charge < -0.3 is 15.2 Å². The van der Waals surface area contributed by atoms with Gasteiger partial charge in [-0.05, 0) is 42.0 Å². The summed E-state index contributed by atoms with van der Waals surface area (Å²) in [4.78, 5) is 28.0. The van der Waals surface area contributed by atoms with Crippen molar-refractivity contribution < 1.29 is 14.1 Å². The van der Waals surface area contributed by atoms with Gasteiger partial charge >= 0.3 is 0 Å². The maximum absolute atomic E-state index is 12.1. The number of rotatable bonds is 7.